The molecule has 0 aromatic heterocycles. The molecule has 16 heavy (non-hydrogen) atoms. The number of nitrogens with zero attached hydrogens (tertiary/aromatic N) is 1. The molecule has 7 heteroatoms. The van der Waals surface area contributed by atoms with E-state index in [0.29, 0.717) is 0 Å². The molecule has 0 fully saturated rings. The first kappa shape index (κ1) is 13.0. The molecule has 0 aliphatic rings. The smallest absolute Gasteiger partial charge is 0.332 e. The number of halogens is 4. The summed E-state index contributed by atoms with van der Waals surface area (Å²) < 4.78 is 40.2. The van der Waals surface area contributed by atoms with Gasteiger partial charge in [-0.25, -0.2) is 0 Å². The van der Waals surface area contributed by atoms with E-state index in [9.17, 15) is 13.2 Å². The van der Waals surface area contributed by atoms with Gasteiger partial charge in [-0.15, -0.1) is 0 Å². The van der Waals surface area contributed by atoms with Crippen LogP contribution in [0.3, 0.4) is 0 Å². The summed E-state index contributed by atoms with van der Waals surface area (Å²) in [5.74, 6) is 0. The van der Waals surface area contributed by atoms with Crippen molar-refractivity contribution in [3.05, 3.63) is 28.3 Å². The van der Waals surface area contributed by atoms with Crippen molar-refractivity contribution in [2.45, 2.75) is 12.6 Å². The SMILES string of the molecule is N#CCc1c(Cl)cc(NS)cc1C(F)(F)F. The molecule has 0 radical (unpaired) electrons. The zero-order valence-electron chi connectivity index (χ0n) is 7.77. The monoisotopic (exact) mass is 266 g/mol. The van der Waals surface area contributed by atoms with Crippen LogP contribution in [0.25, 0.3) is 0 Å². The molecule has 0 spiro atoms. The number of nitriles is 1. The summed E-state index contributed by atoms with van der Waals surface area (Å²) in [6.07, 6.45) is -4.93. The first-order valence-electron chi connectivity index (χ1n) is 4.06. The van der Waals surface area contributed by atoms with Gasteiger partial charge >= 0.3 is 6.18 Å². The number of benzene rings is 1. The fourth-order valence-electron chi connectivity index (χ4n) is 1.21. The Kier molecular flexibility index (Phi) is 3.94. The summed E-state index contributed by atoms with van der Waals surface area (Å²) in [4.78, 5) is 0. The van der Waals surface area contributed by atoms with Crippen LogP contribution in [0.5, 0.6) is 0 Å². The van der Waals surface area contributed by atoms with Crippen molar-refractivity contribution in [3.63, 3.8) is 0 Å². The third-order valence-electron chi connectivity index (χ3n) is 1.89. The molecule has 0 aliphatic heterocycles. The summed E-state index contributed by atoms with van der Waals surface area (Å²) in [6.45, 7) is 0. The van der Waals surface area contributed by atoms with Crippen LogP contribution in [-0.2, 0) is 12.6 Å². The molecule has 0 atom stereocenters. The molecule has 0 unspecified atom stereocenters. The fraction of sp³-hybridized carbons (Fsp3) is 0.222. The molecule has 0 saturated heterocycles. The normalized spacial score (nSPS) is 11.0. The van der Waals surface area contributed by atoms with E-state index >= 15 is 0 Å². The third-order valence-corrected chi connectivity index (χ3v) is 2.48. The minimum atomic E-state index is -4.55. The van der Waals surface area contributed by atoms with Gasteiger partial charge in [0, 0.05) is 10.7 Å². The van der Waals surface area contributed by atoms with Crippen molar-refractivity contribution in [3.8, 4) is 6.07 Å². The highest BCUT2D eigenvalue weighted by atomic mass is 35.5. The molecule has 1 aromatic rings. The molecule has 0 amide bonds. The molecule has 1 N–H and O–H groups in total. The van der Waals surface area contributed by atoms with Gasteiger partial charge in [0.2, 0.25) is 0 Å². The highest BCUT2D eigenvalue weighted by molar-refractivity contribution is 7.81. The molecule has 0 heterocycles. The predicted octanol–water partition coefficient (Wildman–Crippen LogP) is 3.68. The Morgan fingerprint density at radius 2 is 2.06 bits per heavy atom. The lowest BCUT2D eigenvalue weighted by atomic mass is 10.0. The van der Waals surface area contributed by atoms with Gasteiger partial charge in [-0.05, 0) is 17.7 Å². The molecular weight excluding hydrogens is 261 g/mol. The summed E-state index contributed by atoms with van der Waals surface area (Å²) >= 11 is 9.32. The summed E-state index contributed by atoms with van der Waals surface area (Å²) in [6, 6.07) is 3.81. The number of hydrogen-bond donors (Lipinski definition) is 2. The number of rotatable bonds is 2. The van der Waals surface area contributed by atoms with Crippen molar-refractivity contribution in [1.29, 1.82) is 5.26 Å². The Balaban J connectivity index is 3.42. The van der Waals surface area contributed by atoms with E-state index in [1.165, 1.54) is 6.07 Å². The standard InChI is InChI=1S/C9H6ClF3N2S/c10-8-4-5(15-16)3-7(9(11,12)13)6(8)1-2-14/h3-4,15-16H,1H2. The molecule has 2 nitrogen and oxygen atoms in total. The van der Waals surface area contributed by atoms with Gasteiger partial charge in [0.25, 0.3) is 0 Å². The first-order valence-corrected chi connectivity index (χ1v) is 4.89. The van der Waals surface area contributed by atoms with Crippen molar-refractivity contribution >= 4 is 30.1 Å². The predicted molar refractivity (Wildman–Crippen MR) is 58.4 cm³/mol. The fourth-order valence-corrected chi connectivity index (χ4v) is 1.63. The van der Waals surface area contributed by atoms with E-state index in [0.717, 1.165) is 6.07 Å². The lowest BCUT2D eigenvalue weighted by Gasteiger charge is -2.14. The Bertz CT molecular complexity index is 440. The van der Waals surface area contributed by atoms with Gasteiger partial charge in [-0.1, -0.05) is 24.4 Å². The van der Waals surface area contributed by atoms with E-state index in [1.54, 1.807) is 6.07 Å². The summed E-state index contributed by atoms with van der Waals surface area (Å²) in [7, 11) is 0. The molecule has 86 valence electrons. The average Bonchev–Trinajstić information content (AvgIpc) is 2.19. The quantitative estimate of drug-likeness (QED) is 0.801. The number of hydrogen-bond acceptors (Lipinski definition) is 3. The minimum absolute atomic E-state index is 0.104. The first-order chi connectivity index (χ1) is 7.40. The van der Waals surface area contributed by atoms with E-state index in [1.807, 2.05) is 0 Å². The van der Waals surface area contributed by atoms with Gasteiger partial charge in [0.15, 0.2) is 0 Å². The minimum Gasteiger partial charge on any atom is -0.332 e. The van der Waals surface area contributed by atoms with Gasteiger partial charge in [-0.3, -0.25) is 0 Å². The largest absolute Gasteiger partial charge is 0.416 e. The summed E-state index contributed by atoms with van der Waals surface area (Å²) in [5.41, 5.74) is -1.01. The Morgan fingerprint density at radius 1 is 1.44 bits per heavy atom. The molecule has 0 saturated carbocycles. The Labute approximate surface area is 101 Å². The number of nitrogens with one attached hydrogen (secondary N) is 1. The lowest BCUT2D eigenvalue weighted by Crippen LogP contribution is -2.10. The van der Waals surface area contributed by atoms with Gasteiger partial charge in [-0.2, -0.15) is 18.4 Å². The molecule has 0 aliphatic carbocycles. The highest BCUT2D eigenvalue weighted by Gasteiger charge is 2.34. The van der Waals surface area contributed by atoms with Gasteiger partial charge in [0.05, 0.1) is 18.1 Å². The zero-order chi connectivity index (χ0) is 12.3. The van der Waals surface area contributed by atoms with Crippen LogP contribution in [0.15, 0.2) is 12.1 Å². The van der Waals surface area contributed by atoms with Gasteiger partial charge < -0.3 is 4.72 Å². The average molecular weight is 267 g/mol. The Hall–Kier alpha value is -1.06. The van der Waals surface area contributed by atoms with Crippen LogP contribution < -0.4 is 4.72 Å². The molecule has 1 rings (SSSR count). The van der Waals surface area contributed by atoms with Crippen molar-refractivity contribution < 1.29 is 13.2 Å². The van der Waals surface area contributed by atoms with Crippen molar-refractivity contribution in [2.24, 2.45) is 0 Å². The van der Waals surface area contributed by atoms with E-state index in [4.69, 9.17) is 16.9 Å². The Morgan fingerprint density at radius 3 is 2.50 bits per heavy atom. The molecular formula is C9H6ClF3N2S. The second-order valence-corrected chi connectivity index (χ2v) is 3.56. The van der Waals surface area contributed by atoms with Crippen molar-refractivity contribution in [2.75, 3.05) is 4.72 Å². The topological polar surface area (TPSA) is 35.8 Å². The van der Waals surface area contributed by atoms with Crippen LogP contribution in [0.1, 0.15) is 11.1 Å². The molecule has 1 aromatic carbocycles. The zero-order valence-corrected chi connectivity index (χ0v) is 9.42. The van der Waals surface area contributed by atoms with Crippen LogP contribution in [0.2, 0.25) is 5.02 Å². The van der Waals surface area contributed by atoms with Crippen molar-refractivity contribution in [1.82, 2.24) is 0 Å². The number of thiol groups is 1. The maximum absolute atomic E-state index is 12.6. The number of anilines is 1. The van der Waals surface area contributed by atoms with E-state index in [-0.39, 0.29) is 22.7 Å². The van der Waals surface area contributed by atoms with E-state index < -0.39 is 11.7 Å². The molecule has 0 bridgehead atoms. The maximum atomic E-state index is 12.6. The lowest BCUT2D eigenvalue weighted by molar-refractivity contribution is -0.138. The second kappa shape index (κ2) is 4.85. The van der Waals surface area contributed by atoms with Crippen LogP contribution in [0.4, 0.5) is 18.9 Å². The second-order valence-electron chi connectivity index (χ2n) is 2.93. The number of alkyl halides is 3. The summed E-state index contributed by atoms with van der Waals surface area (Å²) in [5, 5.41) is 8.35. The van der Waals surface area contributed by atoms with Crippen LogP contribution in [-0.4, -0.2) is 0 Å². The third kappa shape index (κ3) is 2.74. The van der Waals surface area contributed by atoms with Crippen LogP contribution >= 0.6 is 24.4 Å². The van der Waals surface area contributed by atoms with E-state index in [2.05, 4.69) is 17.5 Å². The van der Waals surface area contributed by atoms with Gasteiger partial charge in [0.1, 0.15) is 0 Å². The van der Waals surface area contributed by atoms with Crippen LogP contribution in [0, 0.1) is 11.3 Å². The highest BCUT2D eigenvalue weighted by Crippen LogP contribution is 2.37. The maximum Gasteiger partial charge on any atom is 0.416 e.